The molecule has 0 atom stereocenters. The van der Waals surface area contributed by atoms with E-state index in [0.29, 0.717) is 26.4 Å². The van der Waals surface area contributed by atoms with Gasteiger partial charge in [0, 0.05) is 21.2 Å². The van der Waals surface area contributed by atoms with Crippen LogP contribution < -0.4 is 0 Å². The fourth-order valence-electron chi connectivity index (χ4n) is 0.497. The molecule has 7 heteroatoms. The van der Waals surface area contributed by atoms with Gasteiger partial charge in [-0.25, -0.2) is 0 Å². The maximum atomic E-state index is 10.2. The topological polar surface area (TPSA) is 44.8 Å². The van der Waals surface area contributed by atoms with E-state index in [1.165, 1.54) is 9.21 Å². The Morgan fingerprint density at radius 2 is 1.85 bits per heavy atom. The van der Waals surface area contributed by atoms with Gasteiger partial charge in [0.15, 0.2) is 0 Å². The van der Waals surface area contributed by atoms with Crippen LogP contribution in [0.15, 0.2) is 0 Å². The van der Waals surface area contributed by atoms with Crippen molar-refractivity contribution in [1.29, 1.82) is 0 Å². The van der Waals surface area contributed by atoms with Gasteiger partial charge in [-0.3, -0.25) is 4.79 Å². The van der Waals surface area contributed by atoms with Crippen LogP contribution in [0.3, 0.4) is 0 Å². The summed E-state index contributed by atoms with van der Waals surface area (Å²) < 4.78 is 14.9. The van der Waals surface area contributed by atoms with Crippen molar-refractivity contribution in [2.45, 2.75) is 0 Å². The zero-order chi connectivity index (χ0) is 9.94. The van der Waals surface area contributed by atoms with Crippen LogP contribution >= 0.6 is 42.0 Å². The minimum absolute atomic E-state index is 0.0645. The number of ether oxygens (including phenoxy) is 2. The summed E-state index contributed by atoms with van der Waals surface area (Å²) in [6.45, 7) is 1.82. The van der Waals surface area contributed by atoms with E-state index in [2.05, 4.69) is 0 Å². The molecule has 13 heavy (non-hydrogen) atoms. The first-order chi connectivity index (χ1) is 6.27. The molecule has 0 radical (unpaired) electrons. The van der Waals surface area contributed by atoms with Crippen LogP contribution in [0, 0.1) is 0 Å². The van der Waals surface area contributed by atoms with E-state index in [1.807, 2.05) is 21.2 Å². The van der Waals surface area contributed by atoms with Crippen LogP contribution in [0.2, 0.25) is 0 Å². The third-order valence-corrected chi connectivity index (χ3v) is 2.07. The van der Waals surface area contributed by atoms with Crippen molar-refractivity contribution in [3.63, 3.8) is 0 Å². The lowest BCUT2D eigenvalue weighted by Crippen LogP contribution is -2.10. The lowest BCUT2D eigenvalue weighted by molar-refractivity contribution is -0.116. The number of rotatable bonds is 9. The third-order valence-electron chi connectivity index (χ3n) is 0.943. The minimum Gasteiger partial charge on any atom is -0.377 e. The van der Waals surface area contributed by atoms with Gasteiger partial charge >= 0.3 is 0 Å². The molecule has 0 fully saturated rings. The van der Waals surface area contributed by atoms with E-state index in [0.717, 1.165) is 0 Å². The second-order valence-electron chi connectivity index (χ2n) is 1.91. The maximum absolute atomic E-state index is 10.2. The summed E-state index contributed by atoms with van der Waals surface area (Å²) in [5.41, 5.74) is 0. The molecule has 0 spiro atoms. The SMILES string of the molecule is O=C(Cl)COCCOCCOSI. The zero-order valence-corrected chi connectivity index (χ0v) is 10.6. The number of hydrogen-bond acceptors (Lipinski definition) is 5. The second kappa shape index (κ2) is 11.0. The van der Waals surface area contributed by atoms with Crippen molar-refractivity contribution in [2.24, 2.45) is 0 Å². The highest BCUT2D eigenvalue weighted by atomic mass is 127. The Kier molecular flexibility index (Phi) is 11.8. The van der Waals surface area contributed by atoms with Crippen LogP contribution in [0.25, 0.3) is 0 Å². The van der Waals surface area contributed by atoms with Gasteiger partial charge in [0.2, 0.25) is 5.24 Å². The molecule has 0 aliphatic carbocycles. The van der Waals surface area contributed by atoms with Crippen molar-refractivity contribution >= 4 is 47.3 Å². The van der Waals surface area contributed by atoms with Gasteiger partial charge in [-0.05, 0) is 11.6 Å². The molecular weight excluding hydrogens is 330 g/mol. The summed E-state index contributed by atoms with van der Waals surface area (Å²) in [4.78, 5) is 10.2. The lowest BCUT2D eigenvalue weighted by atomic mass is 10.7. The van der Waals surface area contributed by atoms with Gasteiger partial charge in [-0.2, -0.15) is 0 Å². The van der Waals surface area contributed by atoms with Gasteiger partial charge in [-0.15, -0.1) is 0 Å². The predicted octanol–water partition coefficient (Wildman–Crippen LogP) is 1.80. The minimum atomic E-state index is -0.496. The first-order valence-electron chi connectivity index (χ1n) is 3.51. The summed E-state index contributed by atoms with van der Waals surface area (Å²) >= 11 is 7.06. The van der Waals surface area contributed by atoms with Crippen LogP contribution in [-0.2, 0) is 18.5 Å². The molecule has 0 unspecified atom stereocenters. The molecule has 0 aromatic rings. The Balaban J connectivity index is 2.87. The van der Waals surface area contributed by atoms with Crippen LogP contribution in [0.1, 0.15) is 0 Å². The maximum Gasteiger partial charge on any atom is 0.247 e. The number of carbonyl (C=O) groups excluding carboxylic acids is 1. The highest BCUT2D eigenvalue weighted by molar-refractivity contribution is 14.2. The van der Waals surface area contributed by atoms with E-state index in [9.17, 15) is 4.79 Å². The van der Waals surface area contributed by atoms with Gasteiger partial charge in [0.05, 0.1) is 35.6 Å². The van der Waals surface area contributed by atoms with E-state index in [4.69, 9.17) is 25.3 Å². The van der Waals surface area contributed by atoms with Gasteiger partial charge in [0.25, 0.3) is 0 Å². The largest absolute Gasteiger partial charge is 0.377 e. The normalized spacial score (nSPS) is 10.3. The number of carbonyl (C=O) groups is 1. The Labute approximate surface area is 98.4 Å². The molecule has 4 nitrogen and oxygen atoms in total. The lowest BCUT2D eigenvalue weighted by Gasteiger charge is -2.02. The molecule has 0 saturated heterocycles. The second-order valence-corrected chi connectivity index (χ2v) is 3.77. The van der Waals surface area contributed by atoms with Crippen LogP contribution in [0.5, 0.6) is 0 Å². The molecule has 0 saturated carbocycles. The van der Waals surface area contributed by atoms with Gasteiger partial charge in [0.1, 0.15) is 6.61 Å². The molecule has 0 heterocycles. The highest BCUT2D eigenvalue weighted by Crippen LogP contribution is 2.10. The van der Waals surface area contributed by atoms with Gasteiger partial charge < -0.3 is 13.7 Å². The van der Waals surface area contributed by atoms with Gasteiger partial charge in [-0.1, -0.05) is 0 Å². The molecule has 0 bridgehead atoms. The molecule has 0 N–H and O–H groups in total. The first-order valence-corrected chi connectivity index (χ1v) is 7.17. The molecule has 0 aromatic heterocycles. The monoisotopic (exact) mass is 340 g/mol. The Morgan fingerprint density at radius 1 is 1.23 bits per heavy atom. The van der Waals surface area contributed by atoms with E-state index in [-0.39, 0.29) is 6.61 Å². The Morgan fingerprint density at radius 3 is 2.46 bits per heavy atom. The summed E-state index contributed by atoms with van der Waals surface area (Å²) in [5, 5.41) is -0.496. The van der Waals surface area contributed by atoms with Crippen molar-refractivity contribution < 1.29 is 18.5 Å². The first kappa shape index (κ1) is 13.9. The zero-order valence-electron chi connectivity index (χ0n) is 6.83. The van der Waals surface area contributed by atoms with Crippen molar-refractivity contribution in [2.75, 3.05) is 33.0 Å². The smallest absolute Gasteiger partial charge is 0.247 e. The average Bonchev–Trinajstić information content (AvgIpc) is 2.09. The molecule has 78 valence electrons. The fourth-order valence-corrected chi connectivity index (χ4v) is 1.24. The van der Waals surface area contributed by atoms with E-state index in [1.54, 1.807) is 0 Å². The Hall–Kier alpha value is 0.920. The van der Waals surface area contributed by atoms with Crippen molar-refractivity contribution in [1.82, 2.24) is 0 Å². The quantitative estimate of drug-likeness (QED) is 0.277. The van der Waals surface area contributed by atoms with Crippen molar-refractivity contribution in [3.05, 3.63) is 0 Å². The standard InChI is InChI=1S/C6H10ClIO4S/c7-6(9)5-11-2-1-10-3-4-12-13-8/h1-5H2. The fraction of sp³-hybridized carbons (Fsp3) is 0.833. The predicted molar refractivity (Wildman–Crippen MR) is 60.1 cm³/mol. The number of halogens is 2. The highest BCUT2D eigenvalue weighted by Gasteiger charge is 1.95. The summed E-state index contributed by atoms with van der Waals surface area (Å²) in [6, 6.07) is 0. The van der Waals surface area contributed by atoms with Crippen LogP contribution in [0.4, 0.5) is 0 Å². The number of hydrogen-bond donors (Lipinski definition) is 0. The Bertz CT molecular complexity index is 138. The molecule has 0 aliphatic rings. The molecule has 0 rings (SSSR count). The van der Waals surface area contributed by atoms with E-state index >= 15 is 0 Å². The van der Waals surface area contributed by atoms with Crippen LogP contribution in [-0.4, -0.2) is 38.3 Å². The van der Waals surface area contributed by atoms with E-state index < -0.39 is 5.24 Å². The molecule has 0 aliphatic heterocycles. The summed E-state index contributed by atoms with van der Waals surface area (Å²) in [7, 11) is 1.27. The summed E-state index contributed by atoms with van der Waals surface area (Å²) in [5.74, 6) is 0. The molecule has 0 aromatic carbocycles. The molecular formula is C6H10ClIO4S. The van der Waals surface area contributed by atoms with Crippen molar-refractivity contribution in [3.8, 4) is 0 Å². The summed E-state index contributed by atoms with van der Waals surface area (Å²) in [6.07, 6.45) is 0. The average molecular weight is 341 g/mol. The molecule has 0 amide bonds. The third kappa shape index (κ3) is 12.9.